The highest BCUT2D eigenvalue weighted by Crippen LogP contribution is 2.28. The van der Waals surface area contributed by atoms with Crippen LogP contribution in [0.1, 0.15) is 36.1 Å². The highest BCUT2D eigenvalue weighted by molar-refractivity contribution is 6.02. The Hall–Kier alpha value is -4.58. The van der Waals surface area contributed by atoms with Gasteiger partial charge in [-0.1, -0.05) is 84.9 Å². The first-order chi connectivity index (χ1) is 19.0. The SMILES string of the molecule is CCOC(=O)C(Oc1ccc(Cc2ccccc2)cc1)(Oc1ccc(Cc2ccccc2)cc1)C(=O)OCC. The second kappa shape index (κ2) is 13.3. The summed E-state index contributed by atoms with van der Waals surface area (Å²) < 4.78 is 22.5. The van der Waals surface area contributed by atoms with Gasteiger partial charge >= 0.3 is 17.7 Å². The van der Waals surface area contributed by atoms with Crippen LogP contribution in [0.15, 0.2) is 109 Å². The lowest BCUT2D eigenvalue weighted by Crippen LogP contribution is -2.58. The van der Waals surface area contributed by atoms with E-state index in [0.717, 1.165) is 35.1 Å². The average molecular weight is 525 g/mol. The summed E-state index contributed by atoms with van der Waals surface area (Å²) in [5.74, 6) is -3.95. The van der Waals surface area contributed by atoms with Crippen molar-refractivity contribution in [1.82, 2.24) is 0 Å². The van der Waals surface area contributed by atoms with Crippen molar-refractivity contribution in [2.45, 2.75) is 32.5 Å². The van der Waals surface area contributed by atoms with E-state index >= 15 is 0 Å². The number of carbonyl (C=O) groups is 2. The molecule has 0 fully saturated rings. The van der Waals surface area contributed by atoms with Gasteiger partial charge in [0.05, 0.1) is 13.2 Å². The van der Waals surface area contributed by atoms with E-state index < -0.39 is 17.7 Å². The van der Waals surface area contributed by atoms with Gasteiger partial charge in [-0.2, -0.15) is 0 Å². The Morgan fingerprint density at radius 2 is 0.846 bits per heavy atom. The maximum absolute atomic E-state index is 13.2. The molecular formula is C33H32O6. The van der Waals surface area contributed by atoms with Crippen molar-refractivity contribution in [3.05, 3.63) is 131 Å². The van der Waals surface area contributed by atoms with Crippen molar-refractivity contribution in [3.8, 4) is 11.5 Å². The molecule has 0 unspecified atom stereocenters. The molecule has 6 heteroatoms. The maximum atomic E-state index is 13.2. The molecule has 39 heavy (non-hydrogen) atoms. The molecule has 0 spiro atoms. The minimum absolute atomic E-state index is 0.0265. The summed E-state index contributed by atoms with van der Waals surface area (Å²) in [6.07, 6.45) is 1.46. The zero-order valence-electron chi connectivity index (χ0n) is 22.2. The molecule has 0 atom stereocenters. The Labute approximate surface area is 229 Å². The van der Waals surface area contributed by atoms with Gasteiger partial charge in [-0.25, -0.2) is 9.59 Å². The molecule has 0 amide bonds. The molecule has 0 aromatic heterocycles. The lowest BCUT2D eigenvalue weighted by molar-refractivity contribution is -0.209. The average Bonchev–Trinajstić information content (AvgIpc) is 2.96. The highest BCUT2D eigenvalue weighted by Gasteiger charge is 2.56. The maximum Gasteiger partial charge on any atom is 0.453 e. The molecule has 0 radical (unpaired) electrons. The Morgan fingerprint density at radius 3 is 1.18 bits per heavy atom. The summed E-state index contributed by atoms with van der Waals surface area (Å²) in [4.78, 5) is 26.5. The van der Waals surface area contributed by atoms with E-state index in [1.807, 2.05) is 60.7 Å². The summed E-state index contributed by atoms with van der Waals surface area (Å²) in [5.41, 5.74) is 4.41. The van der Waals surface area contributed by atoms with E-state index in [2.05, 4.69) is 24.3 Å². The van der Waals surface area contributed by atoms with Crippen molar-refractivity contribution < 1.29 is 28.5 Å². The number of benzene rings is 4. The largest absolute Gasteiger partial charge is 0.460 e. The molecule has 0 aliphatic carbocycles. The Balaban J connectivity index is 1.59. The van der Waals surface area contributed by atoms with Crippen LogP contribution in [0.2, 0.25) is 0 Å². The predicted molar refractivity (Wildman–Crippen MR) is 149 cm³/mol. The predicted octanol–water partition coefficient (Wildman–Crippen LogP) is 6.15. The summed E-state index contributed by atoms with van der Waals surface area (Å²) in [7, 11) is 0. The summed E-state index contributed by atoms with van der Waals surface area (Å²) >= 11 is 0. The molecule has 4 aromatic carbocycles. The Morgan fingerprint density at radius 1 is 0.513 bits per heavy atom. The third kappa shape index (κ3) is 7.26. The van der Waals surface area contributed by atoms with Crippen molar-refractivity contribution in [1.29, 1.82) is 0 Å². The zero-order chi connectivity index (χ0) is 27.5. The van der Waals surface area contributed by atoms with Gasteiger partial charge in [0, 0.05) is 0 Å². The minimum atomic E-state index is -2.48. The van der Waals surface area contributed by atoms with Crippen LogP contribution in [0.25, 0.3) is 0 Å². The van der Waals surface area contributed by atoms with E-state index in [0.29, 0.717) is 0 Å². The van der Waals surface area contributed by atoms with E-state index in [-0.39, 0.29) is 24.7 Å². The van der Waals surface area contributed by atoms with Crippen molar-refractivity contribution in [2.75, 3.05) is 13.2 Å². The number of rotatable bonds is 12. The lowest BCUT2D eigenvalue weighted by Gasteiger charge is -2.30. The first kappa shape index (κ1) is 27.5. The zero-order valence-corrected chi connectivity index (χ0v) is 22.2. The van der Waals surface area contributed by atoms with E-state index in [1.165, 1.54) is 0 Å². The van der Waals surface area contributed by atoms with E-state index in [4.69, 9.17) is 18.9 Å². The molecule has 0 N–H and O–H groups in total. The molecule has 0 saturated heterocycles. The normalized spacial score (nSPS) is 10.9. The topological polar surface area (TPSA) is 71.1 Å². The molecule has 0 aliphatic heterocycles. The van der Waals surface area contributed by atoms with Crippen molar-refractivity contribution in [2.24, 2.45) is 0 Å². The molecule has 6 nitrogen and oxygen atoms in total. The summed E-state index contributed by atoms with van der Waals surface area (Å²) in [6, 6.07) is 34.4. The number of carbonyl (C=O) groups excluding carboxylic acids is 2. The molecule has 4 aromatic rings. The third-order valence-electron chi connectivity index (χ3n) is 5.96. The van der Waals surface area contributed by atoms with Gasteiger partial charge in [-0.3, -0.25) is 0 Å². The van der Waals surface area contributed by atoms with Crippen molar-refractivity contribution in [3.63, 3.8) is 0 Å². The molecule has 0 heterocycles. The fourth-order valence-corrected chi connectivity index (χ4v) is 4.07. The summed E-state index contributed by atoms with van der Waals surface area (Å²) in [5, 5.41) is 0. The second-order valence-electron chi connectivity index (χ2n) is 8.87. The quantitative estimate of drug-likeness (QED) is 0.126. The molecule has 4 rings (SSSR count). The second-order valence-corrected chi connectivity index (χ2v) is 8.87. The van der Waals surface area contributed by atoms with Crippen LogP contribution in [0.3, 0.4) is 0 Å². The fraction of sp³-hybridized carbons (Fsp3) is 0.212. The molecule has 0 aliphatic rings. The smallest absolute Gasteiger partial charge is 0.453 e. The van der Waals surface area contributed by atoms with Gasteiger partial charge in [0.15, 0.2) is 0 Å². The van der Waals surface area contributed by atoms with Gasteiger partial charge in [-0.15, -0.1) is 0 Å². The summed E-state index contributed by atoms with van der Waals surface area (Å²) in [6.45, 7) is 3.34. The van der Waals surface area contributed by atoms with Gasteiger partial charge in [0.25, 0.3) is 0 Å². The highest BCUT2D eigenvalue weighted by atomic mass is 16.8. The first-order valence-electron chi connectivity index (χ1n) is 13.0. The molecule has 0 saturated carbocycles. The van der Waals surface area contributed by atoms with Crippen LogP contribution in [-0.2, 0) is 31.9 Å². The van der Waals surface area contributed by atoms with E-state index in [1.54, 1.807) is 38.1 Å². The lowest BCUT2D eigenvalue weighted by atomic mass is 10.1. The van der Waals surface area contributed by atoms with Gasteiger partial charge in [0.2, 0.25) is 0 Å². The fourth-order valence-electron chi connectivity index (χ4n) is 4.07. The van der Waals surface area contributed by atoms with Gasteiger partial charge < -0.3 is 18.9 Å². The van der Waals surface area contributed by atoms with Crippen LogP contribution in [0.4, 0.5) is 0 Å². The van der Waals surface area contributed by atoms with Crippen LogP contribution in [0, 0.1) is 0 Å². The van der Waals surface area contributed by atoms with Crippen molar-refractivity contribution >= 4 is 11.9 Å². The monoisotopic (exact) mass is 524 g/mol. The Bertz CT molecular complexity index is 1230. The van der Waals surface area contributed by atoms with Crippen LogP contribution in [-0.4, -0.2) is 30.9 Å². The van der Waals surface area contributed by atoms with Crippen LogP contribution < -0.4 is 9.47 Å². The number of esters is 2. The van der Waals surface area contributed by atoms with Crippen LogP contribution >= 0.6 is 0 Å². The van der Waals surface area contributed by atoms with E-state index in [9.17, 15) is 9.59 Å². The van der Waals surface area contributed by atoms with Crippen LogP contribution in [0.5, 0.6) is 11.5 Å². The number of ether oxygens (including phenoxy) is 4. The third-order valence-corrected chi connectivity index (χ3v) is 5.96. The molecular weight excluding hydrogens is 492 g/mol. The molecule has 0 bridgehead atoms. The first-order valence-corrected chi connectivity index (χ1v) is 13.0. The standard InChI is InChI=1S/C33H32O6/c1-3-36-31(34)33(32(35)37-4-2,38-29-19-15-27(16-20-29)23-25-11-7-5-8-12-25)39-30-21-17-28(18-22-30)24-26-13-9-6-10-14-26/h5-22H,3-4,23-24H2,1-2H3. The molecule has 200 valence electrons. The number of hydrogen-bond acceptors (Lipinski definition) is 6. The Kier molecular flexibility index (Phi) is 9.35. The van der Waals surface area contributed by atoms with Gasteiger partial charge in [0.1, 0.15) is 11.5 Å². The number of hydrogen-bond donors (Lipinski definition) is 0. The minimum Gasteiger partial charge on any atom is -0.460 e. The van der Waals surface area contributed by atoms with Gasteiger partial charge in [-0.05, 0) is 73.2 Å².